The second-order valence-corrected chi connectivity index (χ2v) is 7.90. The van der Waals surface area contributed by atoms with Crippen LogP contribution < -0.4 is 0 Å². The monoisotopic (exact) mass is 431 g/mol. The number of benzene rings is 3. The van der Waals surface area contributed by atoms with Gasteiger partial charge in [-0.05, 0) is 25.5 Å². The zero-order valence-electron chi connectivity index (χ0n) is 17.9. The van der Waals surface area contributed by atoms with E-state index in [1.54, 1.807) is 86.6 Å². The van der Waals surface area contributed by atoms with Gasteiger partial charge in [0.05, 0.1) is 5.92 Å². The average molecular weight is 431 g/mol. The van der Waals surface area contributed by atoms with E-state index in [-0.39, 0.29) is 5.78 Å². The van der Waals surface area contributed by atoms with Crippen LogP contribution in [0.3, 0.4) is 0 Å². The van der Waals surface area contributed by atoms with Gasteiger partial charge in [0.2, 0.25) is 0 Å². The van der Waals surface area contributed by atoms with E-state index in [2.05, 4.69) is 0 Å². The Morgan fingerprint density at radius 3 is 2.00 bits per heavy atom. The Morgan fingerprint density at radius 1 is 0.812 bits per heavy atom. The molecule has 32 heavy (non-hydrogen) atoms. The van der Waals surface area contributed by atoms with Gasteiger partial charge >= 0.3 is 5.97 Å². The first-order chi connectivity index (χ1) is 15.4. The zero-order valence-corrected chi connectivity index (χ0v) is 17.9. The number of esters is 1. The number of hydrogen-bond acceptors (Lipinski definition) is 6. The maximum Gasteiger partial charge on any atom is 0.314 e. The molecule has 4 atom stereocenters. The van der Waals surface area contributed by atoms with Gasteiger partial charge < -0.3 is 14.9 Å². The summed E-state index contributed by atoms with van der Waals surface area (Å²) in [6, 6.07) is 22.9. The van der Waals surface area contributed by atoms with Crippen molar-refractivity contribution in [2.45, 2.75) is 38.4 Å². The van der Waals surface area contributed by atoms with Crippen LogP contribution in [0.25, 0.3) is 0 Å². The van der Waals surface area contributed by atoms with Crippen LogP contribution in [-0.4, -0.2) is 33.1 Å². The highest BCUT2D eigenvalue weighted by Gasteiger charge is 2.40. The molecule has 2 N–H and O–H groups in total. The van der Waals surface area contributed by atoms with Crippen LogP contribution in [0.2, 0.25) is 0 Å². The van der Waals surface area contributed by atoms with E-state index in [1.807, 2.05) is 6.07 Å². The Balaban J connectivity index is 1.47. The third kappa shape index (κ3) is 4.08. The first kappa shape index (κ1) is 21.9. The van der Waals surface area contributed by atoms with Gasteiger partial charge in [-0.3, -0.25) is 9.59 Å². The number of hydrogen-bond donors (Lipinski definition) is 2. The molecule has 1 heterocycles. The summed E-state index contributed by atoms with van der Waals surface area (Å²) in [5, 5.41) is 21.2. The smallest absolute Gasteiger partial charge is 0.314 e. The second kappa shape index (κ2) is 9.04. The molecule has 0 fully saturated rings. The summed E-state index contributed by atoms with van der Waals surface area (Å²) in [5.74, 6) is -1.28. The van der Waals surface area contributed by atoms with Gasteiger partial charge in [-0.15, -0.1) is 0 Å². The molecular weight excluding hydrogens is 406 g/mol. The van der Waals surface area contributed by atoms with Crippen molar-refractivity contribution in [3.05, 3.63) is 107 Å². The van der Waals surface area contributed by atoms with E-state index < -0.39 is 30.6 Å². The summed E-state index contributed by atoms with van der Waals surface area (Å²) in [5.41, 5.74) is 2.88. The maximum atomic E-state index is 12.9. The lowest BCUT2D eigenvalue weighted by molar-refractivity contribution is -0.193. The molecule has 0 aliphatic carbocycles. The Hall–Kier alpha value is -3.32. The summed E-state index contributed by atoms with van der Waals surface area (Å²) in [4.78, 5) is 26.9. The summed E-state index contributed by atoms with van der Waals surface area (Å²) >= 11 is 0. The number of carbonyl (C=O) groups is 2. The number of rotatable bonds is 6. The molecule has 4 unspecified atom stereocenters. The summed E-state index contributed by atoms with van der Waals surface area (Å²) in [6.07, 6.45) is -3.02. The number of ketones is 1. The Morgan fingerprint density at radius 2 is 1.38 bits per heavy atom. The van der Waals surface area contributed by atoms with E-state index in [4.69, 9.17) is 4.74 Å². The predicted molar refractivity (Wildman–Crippen MR) is 118 cm³/mol. The summed E-state index contributed by atoms with van der Waals surface area (Å²) < 4.78 is 5.59. The molecule has 0 saturated heterocycles. The highest BCUT2D eigenvalue weighted by molar-refractivity contribution is 6.09. The van der Waals surface area contributed by atoms with E-state index in [9.17, 15) is 19.8 Å². The quantitative estimate of drug-likeness (QED) is 0.455. The molecule has 0 amide bonds. The molecule has 6 nitrogen and oxygen atoms in total. The largest absolute Gasteiger partial charge is 0.446 e. The van der Waals surface area contributed by atoms with Gasteiger partial charge in [-0.25, -0.2) is 4.90 Å². The number of aliphatic hydroxyl groups excluding tert-OH is 2. The van der Waals surface area contributed by atoms with Crippen molar-refractivity contribution in [3.8, 4) is 0 Å². The van der Waals surface area contributed by atoms with Crippen molar-refractivity contribution in [1.29, 1.82) is 0 Å². The first-order valence-corrected chi connectivity index (χ1v) is 10.5. The first-order valence-electron chi connectivity index (χ1n) is 10.5. The Labute approximate surface area is 186 Å². The van der Waals surface area contributed by atoms with E-state index >= 15 is 0 Å². The van der Waals surface area contributed by atoms with Crippen LogP contribution in [0.15, 0.2) is 78.9 Å². The van der Waals surface area contributed by atoms with Crippen LogP contribution >= 0.6 is 0 Å². The Bertz CT molecular complexity index is 1100. The van der Waals surface area contributed by atoms with Crippen LogP contribution in [0.5, 0.6) is 0 Å². The lowest BCUT2D eigenvalue weighted by Gasteiger charge is -2.30. The van der Waals surface area contributed by atoms with E-state index in [0.29, 0.717) is 27.8 Å². The fourth-order valence-electron chi connectivity index (χ4n) is 4.01. The Kier molecular flexibility index (Phi) is 6.19. The van der Waals surface area contributed by atoms with Gasteiger partial charge in [-0.1, -0.05) is 72.8 Å². The topological polar surface area (TPSA) is 87.1 Å². The van der Waals surface area contributed by atoms with Crippen molar-refractivity contribution >= 4 is 11.8 Å². The minimum atomic E-state index is -1.08. The van der Waals surface area contributed by atoms with E-state index in [1.165, 1.54) is 4.90 Å². The molecule has 0 spiro atoms. The molecular formula is C26H25NO5. The van der Waals surface area contributed by atoms with Crippen molar-refractivity contribution in [1.82, 2.24) is 4.90 Å². The van der Waals surface area contributed by atoms with E-state index in [0.717, 1.165) is 0 Å². The van der Waals surface area contributed by atoms with Crippen LogP contribution in [0.4, 0.5) is 0 Å². The van der Waals surface area contributed by atoms with Gasteiger partial charge in [0, 0.05) is 22.3 Å². The lowest BCUT2D eigenvalue weighted by Crippen LogP contribution is -2.38. The van der Waals surface area contributed by atoms with Gasteiger partial charge in [0.15, 0.2) is 12.0 Å². The van der Waals surface area contributed by atoms with Crippen molar-refractivity contribution < 1.29 is 24.5 Å². The fourth-order valence-corrected chi connectivity index (χ4v) is 4.01. The molecule has 1 aliphatic rings. The molecule has 0 radical (unpaired) electrons. The maximum absolute atomic E-state index is 12.9. The van der Waals surface area contributed by atoms with Gasteiger partial charge in [0.25, 0.3) is 0 Å². The summed E-state index contributed by atoms with van der Waals surface area (Å²) in [6.45, 7) is 3.31. The number of carbonyl (C=O) groups excluding carboxylic acids is 2. The number of fused-ring (bicyclic) bond motifs is 1. The van der Waals surface area contributed by atoms with Crippen molar-refractivity contribution in [2.75, 3.05) is 0 Å². The van der Waals surface area contributed by atoms with Gasteiger partial charge in [0.1, 0.15) is 12.5 Å². The molecule has 1 aliphatic heterocycles. The average Bonchev–Trinajstić information content (AvgIpc) is 3.08. The molecule has 164 valence electrons. The third-order valence-electron chi connectivity index (χ3n) is 5.86. The predicted octanol–water partition coefficient (Wildman–Crippen LogP) is 3.91. The molecule has 4 rings (SSSR count). The van der Waals surface area contributed by atoms with Crippen molar-refractivity contribution in [2.24, 2.45) is 0 Å². The number of ether oxygens (including phenoxy) is 1. The minimum Gasteiger partial charge on any atom is -0.446 e. The molecule has 0 aromatic heterocycles. The fraction of sp³-hybridized carbons (Fsp3) is 0.231. The molecule has 3 aromatic carbocycles. The molecule has 0 bridgehead atoms. The summed E-state index contributed by atoms with van der Waals surface area (Å²) in [7, 11) is 0. The minimum absolute atomic E-state index is 0.123. The molecule has 0 saturated carbocycles. The van der Waals surface area contributed by atoms with Crippen molar-refractivity contribution in [3.63, 3.8) is 0 Å². The van der Waals surface area contributed by atoms with Crippen LogP contribution in [-0.2, 0) is 9.53 Å². The van der Waals surface area contributed by atoms with Crippen LogP contribution in [0, 0.1) is 0 Å². The second-order valence-electron chi connectivity index (χ2n) is 7.90. The zero-order chi connectivity index (χ0) is 22.8. The normalized spacial score (nSPS) is 19.8. The molecule has 6 heteroatoms. The lowest BCUT2D eigenvalue weighted by atomic mass is 9.96. The highest BCUT2D eigenvalue weighted by Crippen LogP contribution is 2.40. The number of aliphatic hydroxyl groups is 2. The third-order valence-corrected chi connectivity index (χ3v) is 5.86. The SMILES string of the molecule is CC(C(=O)OC(C)N1C(O)c2ccccc2C1O)c1cccc(C(=O)c2ccccc2)c1. The highest BCUT2D eigenvalue weighted by atomic mass is 16.6. The van der Waals surface area contributed by atoms with Crippen LogP contribution in [0.1, 0.15) is 64.8 Å². The number of nitrogens with zero attached hydrogens (tertiary/aromatic N) is 1. The standard InChI is InChI=1S/C26H25NO5/c1-16(19-11-8-12-20(15-19)23(28)18-9-4-3-5-10-18)26(31)32-17(2)27-24(29)21-13-6-7-14-22(21)25(27)30/h3-17,24-25,29-30H,1-2H3. The van der Waals surface area contributed by atoms with Gasteiger partial charge in [-0.2, -0.15) is 0 Å². The molecule has 3 aromatic rings.